The highest BCUT2D eigenvalue weighted by molar-refractivity contribution is 5.49. The summed E-state index contributed by atoms with van der Waals surface area (Å²) in [5, 5.41) is 12.2. The molecule has 0 fully saturated rings. The van der Waals surface area contributed by atoms with E-state index >= 15 is 0 Å². The van der Waals surface area contributed by atoms with Crippen LogP contribution in [0.4, 0.5) is 0 Å². The van der Waals surface area contributed by atoms with E-state index in [1.807, 2.05) is 26.0 Å². The van der Waals surface area contributed by atoms with E-state index in [9.17, 15) is 0 Å². The van der Waals surface area contributed by atoms with Crippen LogP contribution in [-0.4, -0.2) is 32.0 Å². The molecule has 0 radical (unpaired) electrons. The number of aliphatic hydroxyl groups excluding tert-OH is 1. The molecule has 17 heavy (non-hydrogen) atoms. The van der Waals surface area contributed by atoms with Gasteiger partial charge in [0.05, 0.1) is 20.8 Å². The third-order valence-corrected chi connectivity index (χ3v) is 2.78. The van der Waals surface area contributed by atoms with Crippen LogP contribution in [0.1, 0.15) is 18.1 Å². The smallest absolute Gasteiger partial charge is 0.129 e. The monoisotopic (exact) mass is 239 g/mol. The lowest BCUT2D eigenvalue weighted by molar-refractivity contribution is 0.250. The zero-order valence-electron chi connectivity index (χ0n) is 10.9. The zero-order chi connectivity index (χ0) is 12.8. The number of aliphatic hydroxyl groups is 1. The lowest BCUT2D eigenvalue weighted by Gasteiger charge is -2.16. The van der Waals surface area contributed by atoms with Crippen LogP contribution >= 0.6 is 0 Å². The van der Waals surface area contributed by atoms with Crippen molar-refractivity contribution in [3.05, 3.63) is 23.3 Å². The van der Waals surface area contributed by atoms with E-state index in [-0.39, 0.29) is 12.6 Å². The van der Waals surface area contributed by atoms with Gasteiger partial charge in [0.15, 0.2) is 0 Å². The summed E-state index contributed by atoms with van der Waals surface area (Å²) in [6.45, 7) is 4.69. The van der Waals surface area contributed by atoms with E-state index in [2.05, 4.69) is 5.32 Å². The normalized spacial score (nSPS) is 12.3. The molecule has 0 saturated carbocycles. The van der Waals surface area contributed by atoms with Crippen LogP contribution in [0.3, 0.4) is 0 Å². The van der Waals surface area contributed by atoms with E-state index in [1.54, 1.807) is 14.2 Å². The SMILES string of the molecule is COc1ccc(CNC(C)CO)c(OC)c1C. The highest BCUT2D eigenvalue weighted by Crippen LogP contribution is 2.31. The molecule has 0 saturated heterocycles. The van der Waals surface area contributed by atoms with Gasteiger partial charge in [0.1, 0.15) is 11.5 Å². The molecule has 0 aromatic heterocycles. The highest BCUT2D eigenvalue weighted by Gasteiger charge is 2.11. The van der Waals surface area contributed by atoms with E-state index in [1.165, 1.54) is 0 Å². The van der Waals surface area contributed by atoms with Crippen LogP contribution in [0.5, 0.6) is 11.5 Å². The summed E-state index contributed by atoms with van der Waals surface area (Å²) in [6.07, 6.45) is 0. The quantitative estimate of drug-likeness (QED) is 0.789. The summed E-state index contributed by atoms with van der Waals surface area (Å²) < 4.78 is 10.7. The van der Waals surface area contributed by atoms with Gasteiger partial charge in [-0.05, 0) is 19.9 Å². The summed E-state index contributed by atoms with van der Waals surface area (Å²) in [5.74, 6) is 1.66. The Hall–Kier alpha value is -1.26. The fourth-order valence-corrected chi connectivity index (χ4v) is 1.72. The standard InChI is InChI=1S/C13H21NO3/c1-9(8-15)14-7-11-5-6-12(16-3)10(2)13(11)17-4/h5-6,9,14-15H,7-8H2,1-4H3. The van der Waals surface area contributed by atoms with Gasteiger partial charge in [0, 0.05) is 23.7 Å². The molecule has 96 valence electrons. The summed E-state index contributed by atoms with van der Waals surface area (Å²) in [5.41, 5.74) is 2.05. The van der Waals surface area contributed by atoms with Gasteiger partial charge in [-0.3, -0.25) is 0 Å². The molecule has 1 aromatic carbocycles. The van der Waals surface area contributed by atoms with Crippen molar-refractivity contribution < 1.29 is 14.6 Å². The van der Waals surface area contributed by atoms with Crippen LogP contribution < -0.4 is 14.8 Å². The van der Waals surface area contributed by atoms with Gasteiger partial charge in [-0.25, -0.2) is 0 Å². The van der Waals surface area contributed by atoms with Crippen molar-refractivity contribution in [2.24, 2.45) is 0 Å². The van der Waals surface area contributed by atoms with Crippen LogP contribution in [0.15, 0.2) is 12.1 Å². The topological polar surface area (TPSA) is 50.7 Å². The second-order valence-corrected chi connectivity index (χ2v) is 4.05. The summed E-state index contributed by atoms with van der Waals surface area (Å²) in [7, 11) is 3.30. The Bertz CT molecular complexity index is 366. The van der Waals surface area contributed by atoms with Gasteiger partial charge in [-0.15, -0.1) is 0 Å². The Morgan fingerprint density at radius 2 is 2.00 bits per heavy atom. The number of hydrogen-bond acceptors (Lipinski definition) is 4. The van der Waals surface area contributed by atoms with Crippen molar-refractivity contribution in [2.75, 3.05) is 20.8 Å². The number of hydrogen-bond donors (Lipinski definition) is 2. The van der Waals surface area contributed by atoms with E-state index in [0.29, 0.717) is 6.54 Å². The minimum absolute atomic E-state index is 0.0714. The average molecular weight is 239 g/mol. The van der Waals surface area contributed by atoms with Crippen LogP contribution in [0.2, 0.25) is 0 Å². The average Bonchev–Trinajstić information content (AvgIpc) is 2.35. The minimum atomic E-state index is 0.0714. The summed E-state index contributed by atoms with van der Waals surface area (Å²) >= 11 is 0. The molecule has 4 nitrogen and oxygen atoms in total. The van der Waals surface area contributed by atoms with Crippen molar-refractivity contribution in [1.82, 2.24) is 5.32 Å². The van der Waals surface area contributed by atoms with Crippen LogP contribution in [-0.2, 0) is 6.54 Å². The van der Waals surface area contributed by atoms with Crippen molar-refractivity contribution >= 4 is 0 Å². The lowest BCUT2D eigenvalue weighted by Crippen LogP contribution is -2.28. The Morgan fingerprint density at radius 1 is 1.29 bits per heavy atom. The molecule has 1 unspecified atom stereocenters. The molecular formula is C13H21NO3. The molecule has 1 rings (SSSR count). The maximum absolute atomic E-state index is 8.96. The Balaban J connectivity index is 2.88. The van der Waals surface area contributed by atoms with Gasteiger partial charge >= 0.3 is 0 Å². The van der Waals surface area contributed by atoms with E-state index < -0.39 is 0 Å². The maximum Gasteiger partial charge on any atom is 0.129 e. The van der Waals surface area contributed by atoms with Gasteiger partial charge in [-0.1, -0.05) is 6.07 Å². The first-order valence-electron chi connectivity index (χ1n) is 5.68. The van der Waals surface area contributed by atoms with Crippen LogP contribution in [0, 0.1) is 6.92 Å². The summed E-state index contributed by atoms with van der Waals surface area (Å²) in [4.78, 5) is 0. The van der Waals surface area contributed by atoms with Crippen molar-refractivity contribution in [3.63, 3.8) is 0 Å². The van der Waals surface area contributed by atoms with Gasteiger partial charge in [0.25, 0.3) is 0 Å². The molecule has 2 N–H and O–H groups in total. The van der Waals surface area contributed by atoms with Crippen molar-refractivity contribution in [1.29, 1.82) is 0 Å². The molecular weight excluding hydrogens is 218 g/mol. The first-order chi connectivity index (χ1) is 8.13. The lowest BCUT2D eigenvalue weighted by atomic mass is 10.1. The largest absolute Gasteiger partial charge is 0.496 e. The first-order valence-corrected chi connectivity index (χ1v) is 5.68. The number of ether oxygens (including phenoxy) is 2. The number of methoxy groups -OCH3 is 2. The number of nitrogens with one attached hydrogen (secondary N) is 1. The van der Waals surface area contributed by atoms with Gasteiger partial charge < -0.3 is 19.9 Å². The van der Waals surface area contributed by atoms with E-state index in [0.717, 1.165) is 22.6 Å². The van der Waals surface area contributed by atoms with Crippen molar-refractivity contribution in [2.45, 2.75) is 26.4 Å². The van der Waals surface area contributed by atoms with E-state index in [4.69, 9.17) is 14.6 Å². The fourth-order valence-electron chi connectivity index (χ4n) is 1.72. The Morgan fingerprint density at radius 3 is 2.53 bits per heavy atom. The summed E-state index contributed by atoms with van der Waals surface area (Å²) in [6, 6.07) is 3.97. The zero-order valence-corrected chi connectivity index (χ0v) is 10.9. The minimum Gasteiger partial charge on any atom is -0.496 e. The maximum atomic E-state index is 8.96. The molecule has 0 aliphatic heterocycles. The Kier molecular flexibility index (Phi) is 5.25. The first kappa shape index (κ1) is 13.8. The van der Waals surface area contributed by atoms with Gasteiger partial charge in [-0.2, -0.15) is 0 Å². The number of benzene rings is 1. The Labute approximate surface area is 103 Å². The molecule has 0 amide bonds. The molecule has 0 aliphatic carbocycles. The molecule has 1 atom stereocenters. The molecule has 0 aliphatic rings. The molecule has 0 spiro atoms. The fraction of sp³-hybridized carbons (Fsp3) is 0.538. The predicted octanol–water partition coefficient (Wildman–Crippen LogP) is 1.48. The third-order valence-electron chi connectivity index (χ3n) is 2.78. The van der Waals surface area contributed by atoms with Crippen LogP contribution in [0.25, 0.3) is 0 Å². The predicted molar refractivity (Wildman–Crippen MR) is 67.7 cm³/mol. The molecule has 0 heterocycles. The molecule has 4 heteroatoms. The highest BCUT2D eigenvalue weighted by atomic mass is 16.5. The van der Waals surface area contributed by atoms with Crippen molar-refractivity contribution in [3.8, 4) is 11.5 Å². The number of rotatable bonds is 6. The van der Waals surface area contributed by atoms with Gasteiger partial charge in [0.2, 0.25) is 0 Å². The second-order valence-electron chi connectivity index (χ2n) is 4.05. The third kappa shape index (κ3) is 3.35. The molecule has 0 bridgehead atoms. The molecule has 1 aromatic rings. The second kappa shape index (κ2) is 6.47.